The average Bonchev–Trinajstić information content (AvgIpc) is 2.50. The average molecular weight is 295 g/mol. The van der Waals surface area contributed by atoms with Gasteiger partial charge in [-0.3, -0.25) is 9.88 Å². The maximum Gasteiger partial charge on any atom is 0.141 e. The van der Waals surface area contributed by atoms with Crippen LogP contribution in [0.1, 0.15) is 32.0 Å². The van der Waals surface area contributed by atoms with E-state index >= 15 is 0 Å². The molecule has 2 rings (SSSR count). The molecular weight excluding hydrogens is 269 g/mol. The van der Waals surface area contributed by atoms with E-state index in [1.807, 2.05) is 7.05 Å². The van der Waals surface area contributed by atoms with Gasteiger partial charge in [-0.25, -0.2) is 4.39 Å². The smallest absolute Gasteiger partial charge is 0.141 e. The molecule has 0 aromatic carbocycles. The van der Waals surface area contributed by atoms with Crippen molar-refractivity contribution in [2.24, 2.45) is 5.92 Å². The van der Waals surface area contributed by atoms with Gasteiger partial charge in [0.25, 0.3) is 0 Å². The standard InChI is InChI=1S/C16H26FN3O/c1-4-14-11-21-8-7-20(14)10-12(2)16(18-3)15-6-5-13(17)9-19-15/h5-6,9,12,14,16,18H,4,7-8,10-11H2,1-3H3. The number of nitrogens with zero attached hydrogens (tertiary/aromatic N) is 2. The third-order valence-electron chi connectivity index (χ3n) is 4.29. The fourth-order valence-corrected chi connectivity index (χ4v) is 3.08. The Morgan fingerprint density at radius 3 is 2.95 bits per heavy atom. The molecule has 0 bridgehead atoms. The van der Waals surface area contributed by atoms with Crippen LogP contribution in [0.5, 0.6) is 0 Å². The Morgan fingerprint density at radius 1 is 1.52 bits per heavy atom. The highest BCUT2D eigenvalue weighted by atomic mass is 19.1. The Hall–Kier alpha value is -1.04. The van der Waals surface area contributed by atoms with E-state index in [9.17, 15) is 4.39 Å². The highest BCUT2D eigenvalue weighted by Crippen LogP contribution is 2.23. The van der Waals surface area contributed by atoms with E-state index < -0.39 is 0 Å². The van der Waals surface area contributed by atoms with E-state index in [4.69, 9.17) is 4.74 Å². The lowest BCUT2D eigenvalue weighted by Crippen LogP contribution is -2.48. The molecule has 1 saturated heterocycles. The van der Waals surface area contributed by atoms with Crippen molar-refractivity contribution in [1.29, 1.82) is 0 Å². The molecule has 0 saturated carbocycles. The molecule has 0 aliphatic carbocycles. The minimum atomic E-state index is -0.291. The van der Waals surface area contributed by atoms with Crippen LogP contribution in [0.15, 0.2) is 18.3 Å². The van der Waals surface area contributed by atoms with Crippen molar-refractivity contribution in [3.05, 3.63) is 29.8 Å². The maximum absolute atomic E-state index is 13.0. The summed E-state index contributed by atoms with van der Waals surface area (Å²) in [6.07, 6.45) is 2.39. The van der Waals surface area contributed by atoms with Crippen LogP contribution in [-0.2, 0) is 4.74 Å². The zero-order valence-electron chi connectivity index (χ0n) is 13.2. The number of pyridine rings is 1. The number of morpholine rings is 1. The second-order valence-electron chi connectivity index (χ2n) is 5.78. The van der Waals surface area contributed by atoms with E-state index in [0.29, 0.717) is 12.0 Å². The van der Waals surface area contributed by atoms with Crippen LogP contribution in [0.25, 0.3) is 0 Å². The first kappa shape index (κ1) is 16.3. The molecule has 118 valence electrons. The van der Waals surface area contributed by atoms with Gasteiger partial charge in [0.1, 0.15) is 5.82 Å². The quantitative estimate of drug-likeness (QED) is 0.873. The molecule has 1 aromatic rings. The molecule has 3 atom stereocenters. The summed E-state index contributed by atoms with van der Waals surface area (Å²) >= 11 is 0. The van der Waals surface area contributed by atoms with Gasteiger partial charge in [-0.1, -0.05) is 13.8 Å². The number of rotatable bonds is 6. The van der Waals surface area contributed by atoms with E-state index in [2.05, 4.69) is 29.0 Å². The van der Waals surface area contributed by atoms with Crippen LogP contribution in [0, 0.1) is 11.7 Å². The Bertz CT molecular complexity index is 426. The summed E-state index contributed by atoms with van der Waals surface area (Å²) in [4.78, 5) is 6.72. The largest absolute Gasteiger partial charge is 0.378 e. The molecule has 4 nitrogen and oxygen atoms in total. The summed E-state index contributed by atoms with van der Waals surface area (Å²) in [7, 11) is 1.93. The second kappa shape index (κ2) is 7.82. The van der Waals surface area contributed by atoms with Gasteiger partial charge < -0.3 is 10.1 Å². The Balaban J connectivity index is 2.02. The van der Waals surface area contributed by atoms with Crippen molar-refractivity contribution < 1.29 is 9.13 Å². The van der Waals surface area contributed by atoms with Crippen LogP contribution in [0.3, 0.4) is 0 Å². The van der Waals surface area contributed by atoms with Crippen LogP contribution in [-0.4, -0.2) is 49.3 Å². The Kier molecular flexibility index (Phi) is 6.08. The zero-order chi connectivity index (χ0) is 15.2. The molecule has 1 aliphatic rings. The van der Waals surface area contributed by atoms with Crippen LogP contribution in [0.2, 0.25) is 0 Å². The van der Waals surface area contributed by atoms with Crippen molar-refractivity contribution in [3.8, 4) is 0 Å². The summed E-state index contributed by atoms with van der Waals surface area (Å²) in [6, 6.07) is 3.87. The van der Waals surface area contributed by atoms with Gasteiger partial charge in [-0.05, 0) is 31.5 Å². The molecule has 3 unspecified atom stereocenters. The minimum absolute atomic E-state index is 0.131. The molecule has 1 N–H and O–H groups in total. The van der Waals surface area contributed by atoms with Crippen molar-refractivity contribution in [1.82, 2.24) is 15.2 Å². The van der Waals surface area contributed by atoms with Crippen molar-refractivity contribution in [3.63, 3.8) is 0 Å². The van der Waals surface area contributed by atoms with E-state index in [1.165, 1.54) is 12.3 Å². The van der Waals surface area contributed by atoms with Crippen LogP contribution >= 0.6 is 0 Å². The molecule has 1 aliphatic heterocycles. The minimum Gasteiger partial charge on any atom is -0.378 e. The highest BCUT2D eigenvalue weighted by Gasteiger charge is 2.26. The van der Waals surface area contributed by atoms with E-state index in [-0.39, 0.29) is 11.9 Å². The molecule has 0 amide bonds. The zero-order valence-corrected chi connectivity index (χ0v) is 13.2. The molecule has 1 aromatic heterocycles. The van der Waals surface area contributed by atoms with Gasteiger partial charge in [0.15, 0.2) is 0 Å². The second-order valence-corrected chi connectivity index (χ2v) is 5.78. The fourth-order valence-electron chi connectivity index (χ4n) is 3.08. The van der Waals surface area contributed by atoms with Crippen molar-refractivity contribution in [2.45, 2.75) is 32.4 Å². The van der Waals surface area contributed by atoms with Gasteiger partial charge in [-0.15, -0.1) is 0 Å². The van der Waals surface area contributed by atoms with Crippen molar-refractivity contribution in [2.75, 3.05) is 33.4 Å². The van der Waals surface area contributed by atoms with Gasteiger partial charge >= 0.3 is 0 Å². The van der Waals surface area contributed by atoms with Gasteiger partial charge in [0, 0.05) is 19.1 Å². The van der Waals surface area contributed by atoms with Gasteiger partial charge in [0.05, 0.1) is 31.1 Å². The lowest BCUT2D eigenvalue weighted by molar-refractivity contribution is -0.0166. The molecule has 0 spiro atoms. The monoisotopic (exact) mass is 295 g/mol. The third kappa shape index (κ3) is 4.22. The molecule has 5 heteroatoms. The molecule has 21 heavy (non-hydrogen) atoms. The number of hydrogen-bond acceptors (Lipinski definition) is 4. The van der Waals surface area contributed by atoms with Crippen LogP contribution < -0.4 is 5.32 Å². The van der Waals surface area contributed by atoms with Gasteiger partial charge in [-0.2, -0.15) is 0 Å². The van der Waals surface area contributed by atoms with Gasteiger partial charge in [0.2, 0.25) is 0 Å². The predicted molar refractivity (Wildman–Crippen MR) is 81.6 cm³/mol. The SMILES string of the molecule is CCC1COCCN1CC(C)C(NC)c1ccc(F)cn1. The predicted octanol–water partition coefficient (Wildman–Crippen LogP) is 2.23. The number of nitrogens with one attached hydrogen (secondary N) is 1. The highest BCUT2D eigenvalue weighted by molar-refractivity contribution is 5.11. The topological polar surface area (TPSA) is 37.4 Å². The number of aromatic nitrogens is 1. The summed E-state index contributed by atoms with van der Waals surface area (Å²) in [6.45, 7) is 8.02. The Morgan fingerprint density at radius 2 is 2.33 bits per heavy atom. The number of halogens is 1. The maximum atomic E-state index is 13.0. The first-order valence-corrected chi connectivity index (χ1v) is 7.76. The summed E-state index contributed by atoms with van der Waals surface area (Å²) in [5.41, 5.74) is 0.896. The first-order chi connectivity index (χ1) is 10.2. The molecular formula is C16H26FN3O. The van der Waals surface area contributed by atoms with Crippen LogP contribution in [0.4, 0.5) is 4.39 Å². The third-order valence-corrected chi connectivity index (χ3v) is 4.29. The molecule has 1 fully saturated rings. The lowest BCUT2D eigenvalue weighted by Gasteiger charge is -2.38. The normalized spacial score (nSPS) is 23.0. The summed E-state index contributed by atoms with van der Waals surface area (Å²) in [5, 5.41) is 3.32. The summed E-state index contributed by atoms with van der Waals surface area (Å²) < 4.78 is 18.6. The fraction of sp³-hybridized carbons (Fsp3) is 0.688. The first-order valence-electron chi connectivity index (χ1n) is 7.76. The summed E-state index contributed by atoms with van der Waals surface area (Å²) in [5.74, 6) is 0.0978. The number of hydrogen-bond donors (Lipinski definition) is 1. The number of ether oxygens (including phenoxy) is 1. The molecule has 0 radical (unpaired) electrons. The van der Waals surface area contributed by atoms with E-state index in [1.54, 1.807) is 6.07 Å². The lowest BCUT2D eigenvalue weighted by atomic mass is 9.96. The van der Waals surface area contributed by atoms with Crippen molar-refractivity contribution >= 4 is 0 Å². The van der Waals surface area contributed by atoms with E-state index in [0.717, 1.165) is 38.4 Å². The Labute approximate surface area is 126 Å². The molecule has 2 heterocycles.